The second-order valence-electron chi connectivity index (χ2n) is 4.38. The SMILES string of the molecule is CNCc1nn(Cc2cc(Br)cs2)c2ccccc12. The highest BCUT2D eigenvalue weighted by Gasteiger charge is 2.10. The van der Waals surface area contributed by atoms with Gasteiger partial charge in [-0.1, -0.05) is 18.2 Å². The Morgan fingerprint density at radius 3 is 2.95 bits per heavy atom. The molecule has 3 aromatic rings. The Morgan fingerprint density at radius 2 is 2.21 bits per heavy atom. The topological polar surface area (TPSA) is 29.9 Å². The van der Waals surface area contributed by atoms with Crippen LogP contribution in [0.25, 0.3) is 10.9 Å². The third kappa shape index (κ3) is 2.59. The van der Waals surface area contributed by atoms with Crippen LogP contribution in [0.4, 0.5) is 0 Å². The summed E-state index contributed by atoms with van der Waals surface area (Å²) in [5, 5.41) is 11.2. The number of nitrogens with zero attached hydrogens (tertiary/aromatic N) is 2. The largest absolute Gasteiger partial charge is 0.314 e. The fourth-order valence-corrected chi connectivity index (χ4v) is 3.63. The maximum Gasteiger partial charge on any atom is 0.0841 e. The van der Waals surface area contributed by atoms with Gasteiger partial charge >= 0.3 is 0 Å². The minimum Gasteiger partial charge on any atom is -0.314 e. The summed E-state index contributed by atoms with van der Waals surface area (Å²) in [5.41, 5.74) is 2.30. The van der Waals surface area contributed by atoms with Crippen molar-refractivity contribution in [3.8, 4) is 0 Å². The molecule has 0 aliphatic carbocycles. The van der Waals surface area contributed by atoms with Crippen molar-refractivity contribution in [2.75, 3.05) is 7.05 Å². The van der Waals surface area contributed by atoms with Gasteiger partial charge in [-0.3, -0.25) is 4.68 Å². The summed E-state index contributed by atoms with van der Waals surface area (Å²) in [6.45, 7) is 1.61. The summed E-state index contributed by atoms with van der Waals surface area (Å²) in [5.74, 6) is 0. The van der Waals surface area contributed by atoms with Crippen molar-refractivity contribution in [2.24, 2.45) is 0 Å². The van der Waals surface area contributed by atoms with Crippen LogP contribution in [0.15, 0.2) is 40.2 Å². The predicted molar refractivity (Wildman–Crippen MR) is 83.6 cm³/mol. The molecular formula is C14H14BrN3S. The number of rotatable bonds is 4. The van der Waals surface area contributed by atoms with Gasteiger partial charge in [0.1, 0.15) is 0 Å². The van der Waals surface area contributed by atoms with Crippen LogP contribution in [0.3, 0.4) is 0 Å². The first kappa shape index (κ1) is 12.8. The lowest BCUT2D eigenvalue weighted by atomic mass is 10.2. The van der Waals surface area contributed by atoms with Crippen LogP contribution in [-0.2, 0) is 13.1 Å². The molecule has 0 amide bonds. The summed E-state index contributed by atoms with van der Waals surface area (Å²) >= 11 is 5.25. The first-order valence-electron chi connectivity index (χ1n) is 6.10. The van der Waals surface area contributed by atoms with E-state index in [4.69, 9.17) is 5.10 Å². The fraction of sp³-hybridized carbons (Fsp3) is 0.214. The molecule has 19 heavy (non-hydrogen) atoms. The first-order chi connectivity index (χ1) is 9.28. The Morgan fingerprint density at radius 1 is 1.37 bits per heavy atom. The van der Waals surface area contributed by atoms with Crippen LogP contribution >= 0.6 is 27.3 Å². The molecule has 3 rings (SSSR count). The normalized spacial score (nSPS) is 11.3. The Kier molecular flexibility index (Phi) is 3.68. The summed E-state index contributed by atoms with van der Waals surface area (Å²) in [7, 11) is 1.95. The Bertz CT molecular complexity index is 702. The van der Waals surface area contributed by atoms with Gasteiger partial charge in [-0.2, -0.15) is 5.10 Å². The molecule has 2 aromatic heterocycles. The lowest BCUT2D eigenvalue weighted by molar-refractivity contribution is 0.682. The molecule has 0 atom stereocenters. The zero-order valence-corrected chi connectivity index (χ0v) is 13.0. The van der Waals surface area contributed by atoms with E-state index in [9.17, 15) is 0 Å². The van der Waals surface area contributed by atoms with E-state index in [0.29, 0.717) is 0 Å². The fourth-order valence-electron chi connectivity index (χ4n) is 2.20. The third-order valence-corrected chi connectivity index (χ3v) is 4.69. The minimum atomic E-state index is 0.793. The number of benzene rings is 1. The Labute approximate surface area is 124 Å². The van der Waals surface area contributed by atoms with Crippen LogP contribution < -0.4 is 5.32 Å². The molecule has 0 radical (unpaired) electrons. The number of fused-ring (bicyclic) bond motifs is 1. The number of aromatic nitrogens is 2. The molecule has 3 nitrogen and oxygen atoms in total. The van der Waals surface area contributed by atoms with Crippen molar-refractivity contribution < 1.29 is 0 Å². The summed E-state index contributed by atoms with van der Waals surface area (Å²) in [6.07, 6.45) is 0. The first-order valence-corrected chi connectivity index (χ1v) is 7.77. The van der Waals surface area contributed by atoms with Gasteiger partial charge in [-0.15, -0.1) is 11.3 Å². The zero-order valence-electron chi connectivity index (χ0n) is 10.6. The predicted octanol–water partition coefficient (Wildman–Crippen LogP) is 3.63. The standard InChI is InChI=1S/C14H14BrN3S/c1-16-7-13-12-4-2-3-5-14(12)18(17-13)8-11-6-10(15)9-19-11/h2-6,9,16H,7-8H2,1H3. The summed E-state index contributed by atoms with van der Waals surface area (Å²) in [6, 6.07) is 10.5. The molecule has 0 aliphatic heterocycles. The highest BCUT2D eigenvalue weighted by molar-refractivity contribution is 9.10. The third-order valence-electron chi connectivity index (χ3n) is 3.01. The van der Waals surface area contributed by atoms with Crippen molar-refractivity contribution in [3.05, 3.63) is 50.8 Å². The second kappa shape index (κ2) is 5.45. The molecule has 0 saturated carbocycles. The van der Waals surface area contributed by atoms with Crippen LogP contribution in [0.1, 0.15) is 10.6 Å². The molecule has 1 N–H and O–H groups in total. The minimum absolute atomic E-state index is 0.793. The molecule has 98 valence electrons. The number of nitrogens with one attached hydrogen (secondary N) is 1. The number of hydrogen-bond donors (Lipinski definition) is 1. The van der Waals surface area contributed by atoms with E-state index >= 15 is 0 Å². The van der Waals surface area contributed by atoms with Crippen LogP contribution in [0.5, 0.6) is 0 Å². The van der Waals surface area contributed by atoms with Crippen LogP contribution in [0, 0.1) is 0 Å². The van der Waals surface area contributed by atoms with Crippen molar-refractivity contribution >= 4 is 38.2 Å². The molecule has 0 spiro atoms. The molecule has 0 bridgehead atoms. The number of para-hydroxylation sites is 1. The molecule has 0 aliphatic rings. The van der Waals surface area contributed by atoms with Crippen molar-refractivity contribution in [1.82, 2.24) is 15.1 Å². The van der Waals surface area contributed by atoms with Gasteiger partial charge in [-0.05, 0) is 35.1 Å². The highest BCUT2D eigenvalue weighted by Crippen LogP contribution is 2.23. The molecular weight excluding hydrogens is 322 g/mol. The van der Waals surface area contributed by atoms with E-state index in [1.54, 1.807) is 11.3 Å². The van der Waals surface area contributed by atoms with Crippen LogP contribution in [0.2, 0.25) is 0 Å². The van der Waals surface area contributed by atoms with E-state index in [0.717, 1.165) is 23.3 Å². The van der Waals surface area contributed by atoms with Gasteiger partial charge in [0.25, 0.3) is 0 Å². The molecule has 0 saturated heterocycles. The van der Waals surface area contributed by atoms with E-state index in [2.05, 4.69) is 61.6 Å². The van der Waals surface area contributed by atoms with Gasteiger partial charge < -0.3 is 5.32 Å². The average molecular weight is 336 g/mol. The number of halogens is 1. The van der Waals surface area contributed by atoms with E-state index < -0.39 is 0 Å². The smallest absolute Gasteiger partial charge is 0.0841 e. The molecule has 0 fully saturated rings. The Hall–Kier alpha value is -1.17. The van der Waals surface area contributed by atoms with Gasteiger partial charge in [-0.25, -0.2) is 0 Å². The maximum atomic E-state index is 4.73. The lowest BCUT2D eigenvalue weighted by Gasteiger charge is -2.00. The monoisotopic (exact) mass is 335 g/mol. The van der Waals surface area contributed by atoms with Gasteiger partial charge in [0, 0.05) is 26.7 Å². The van der Waals surface area contributed by atoms with Crippen molar-refractivity contribution in [3.63, 3.8) is 0 Å². The van der Waals surface area contributed by atoms with Crippen molar-refractivity contribution in [2.45, 2.75) is 13.1 Å². The molecule has 0 unspecified atom stereocenters. The van der Waals surface area contributed by atoms with Gasteiger partial charge in [0.05, 0.1) is 17.8 Å². The maximum absolute atomic E-state index is 4.73. The highest BCUT2D eigenvalue weighted by atomic mass is 79.9. The lowest BCUT2D eigenvalue weighted by Crippen LogP contribution is -2.07. The van der Waals surface area contributed by atoms with Gasteiger partial charge in [0.15, 0.2) is 0 Å². The van der Waals surface area contributed by atoms with Crippen molar-refractivity contribution in [1.29, 1.82) is 0 Å². The zero-order chi connectivity index (χ0) is 13.2. The summed E-state index contributed by atoms with van der Waals surface area (Å²) < 4.78 is 3.22. The molecule has 1 aromatic carbocycles. The molecule has 2 heterocycles. The van der Waals surface area contributed by atoms with Gasteiger partial charge in [0.2, 0.25) is 0 Å². The summed E-state index contributed by atoms with van der Waals surface area (Å²) in [4.78, 5) is 1.30. The van der Waals surface area contributed by atoms with E-state index in [1.165, 1.54) is 15.8 Å². The Balaban J connectivity index is 2.03. The quantitative estimate of drug-likeness (QED) is 0.789. The average Bonchev–Trinajstić information content (AvgIpc) is 2.97. The number of hydrogen-bond acceptors (Lipinski definition) is 3. The second-order valence-corrected chi connectivity index (χ2v) is 6.29. The van der Waals surface area contributed by atoms with E-state index in [-0.39, 0.29) is 0 Å². The van der Waals surface area contributed by atoms with Crippen LogP contribution in [-0.4, -0.2) is 16.8 Å². The molecule has 5 heteroatoms. The van der Waals surface area contributed by atoms with E-state index in [1.807, 2.05) is 7.05 Å². The number of thiophene rings is 1.